The molecule has 0 saturated heterocycles. The van der Waals surface area contributed by atoms with Crippen molar-refractivity contribution in [3.63, 3.8) is 0 Å². The minimum Gasteiger partial charge on any atom is -0.493 e. The highest BCUT2D eigenvalue weighted by molar-refractivity contribution is 5.91. The predicted molar refractivity (Wildman–Crippen MR) is 95.6 cm³/mol. The molecule has 0 aliphatic rings. The maximum Gasteiger partial charge on any atom is 0.416 e. The van der Waals surface area contributed by atoms with E-state index in [1.165, 1.54) is 32.2 Å². The molecule has 0 bridgehead atoms. The number of aliphatic carboxylic acids is 1. The van der Waals surface area contributed by atoms with Crippen molar-refractivity contribution in [1.29, 1.82) is 5.26 Å². The Morgan fingerprint density at radius 1 is 1.21 bits per heavy atom. The third kappa shape index (κ3) is 4.82. The lowest BCUT2D eigenvalue weighted by molar-refractivity contribution is -0.144. The zero-order valence-electron chi connectivity index (χ0n) is 14.9. The first-order valence-electron chi connectivity index (χ1n) is 8.03. The van der Waals surface area contributed by atoms with Gasteiger partial charge in [-0.3, -0.25) is 0 Å². The SMILES string of the molecule is COc1cccc(/C=C(/C#N)c2ccc(C(F)(F)F)cc2)c1O[C@H](C)C(=O)O. The molecule has 0 spiro atoms. The second-order valence-electron chi connectivity index (χ2n) is 5.72. The molecule has 0 aromatic heterocycles. The van der Waals surface area contributed by atoms with Crippen LogP contribution >= 0.6 is 0 Å². The van der Waals surface area contributed by atoms with Crippen LogP contribution in [0.4, 0.5) is 13.2 Å². The molecule has 2 aromatic carbocycles. The Kier molecular flexibility index (Phi) is 6.31. The molecule has 0 saturated carbocycles. The topological polar surface area (TPSA) is 79.5 Å². The van der Waals surface area contributed by atoms with Gasteiger partial charge >= 0.3 is 12.1 Å². The van der Waals surface area contributed by atoms with Crippen molar-refractivity contribution in [2.24, 2.45) is 0 Å². The Hall–Kier alpha value is -3.47. The number of hydrogen-bond donors (Lipinski definition) is 1. The molecule has 0 aliphatic heterocycles. The summed E-state index contributed by atoms with van der Waals surface area (Å²) >= 11 is 0. The molecule has 0 fully saturated rings. The highest BCUT2D eigenvalue weighted by atomic mass is 19.4. The number of rotatable bonds is 6. The minimum absolute atomic E-state index is 0.0785. The smallest absolute Gasteiger partial charge is 0.416 e. The summed E-state index contributed by atoms with van der Waals surface area (Å²) < 4.78 is 48.8. The summed E-state index contributed by atoms with van der Waals surface area (Å²) in [5.74, 6) is -0.824. The molecule has 1 N–H and O–H groups in total. The maximum atomic E-state index is 12.7. The van der Waals surface area contributed by atoms with Crippen molar-refractivity contribution in [2.45, 2.75) is 19.2 Å². The van der Waals surface area contributed by atoms with Crippen molar-refractivity contribution >= 4 is 17.6 Å². The number of benzene rings is 2. The van der Waals surface area contributed by atoms with Gasteiger partial charge in [-0.05, 0) is 36.8 Å². The van der Waals surface area contributed by atoms with Gasteiger partial charge in [-0.2, -0.15) is 18.4 Å². The van der Waals surface area contributed by atoms with Gasteiger partial charge in [-0.1, -0.05) is 24.3 Å². The standard InChI is InChI=1S/C20H16F3NO4/c1-12(19(25)26)28-18-14(4-3-5-17(18)27-2)10-15(11-24)13-6-8-16(9-7-13)20(21,22)23/h3-10,12H,1-2H3,(H,25,26)/b15-10-/t12-/m1/s1. The van der Waals surface area contributed by atoms with Crippen LogP contribution in [0.1, 0.15) is 23.6 Å². The van der Waals surface area contributed by atoms with Gasteiger partial charge in [-0.25, -0.2) is 4.79 Å². The fourth-order valence-corrected chi connectivity index (χ4v) is 2.33. The number of nitriles is 1. The van der Waals surface area contributed by atoms with Crippen molar-refractivity contribution in [3.8, 4) is 17.6 Å². The number of nitrogens with zero attached hydrogens (tertiary/aromatic N) is 1. The molecule has 0 amide bonds. The van der Waals surface area contributed by atoms with E-state index in [0.717, 1.165) is 12.1 Å². The summed E-state index contributed by atoms with van der Waals surface area (Å²) in [7, 11) is 1.38. The molecule has 8 heteroatoms. The summed E-state index contributed by atoms with van der Waals surface area (Å²) in [5.41, 5.74) is -0.122. The third-order valence-corrected chi connectivity index (χ3v) is 3.82. The van der Waals surface area contributed by atoms with Gasteiger partial charge in [0.05, 0.1) is 24.3 Å². The summed E-state index contributed by atoms with van der Waals surface area (Å²) in [6, 6.07) is 10.8. The largest absolute Gasteiger partial charge is 0.493 e. The highest BCUT2D eigenvalue weighted by Gasteiger charge is 2.30. The zero-order chi connectivity index (χ0) is 20.9. The molecule has 1 atom stereocenters. The van der Waals surface area contributed by atoms with E-state index < -0.39 is 23.8 Å². The van der Waals surface area contributed by atoms with E-state index in [-0.39, 0.29) is 22.6 Å². The van der Waals surface area contributed by atoms with Crippen molar-refractivity contribution < 1.29 is 32.5 Å². The van der Waals surface area contributed by atoms with Gasteiger partial charge in [-0.15, -0.1) is 0 Å². The second kappa shape index (κ2) is 8.48. The minimum atomic E-state index is -4.48. The number of halogens is 3. The molecule has 2 rings (SSSR count). The number of methoxy groups -OCH3 is 1. The first kappa shape index (κ1) is 20.8. The highest BCUT2D eigenvalue weighted by Crippen LogP contribution is 2.35. The average molecular weight is 391 g/mol. The average Bonchev–Trinajstić information content (AvgIpc) is 2.66. The lowest BCUT2D eigenvalue weighted by Crippen LogP contribution is -2.23. The number of carboxylic acids is 1. The van der Waals surface area contributed by atoms with Crippen molar-refractivity contribution in [3.05, 3.63) is 59.2 Å². The summed E-state index contributed by atoms with van der Waals surface area (Å²) in [6.45, 7) is 1.34. The first-order chi connectivity index (χ1) is 13.2. The number of carboxylic acid groups (broad SMARTS) is 1. The molecular formula is C20H16F3NO4. The number of hydrogen-bond acceptors (Lipinski definition) is 4. The Bertz CT molecular complexity index is 928. The van der Waals surface area contributed by atoms with Crippen LogP contribution in [0, 0.1) is 11.3 Å². The first-order valence-corrected chi connectivity index (χ1v) is 8.03. The molecule has 0 heterocycles. The predicted octanol–water partition coefficient (Wildman–Crippen LogP) is 4.63. The second-order valence-corrected chi connectivity index (χ2v) is 5.72. The maximum absolute atomic E-state index is 12.7. The fourth-order valence-electron chi connectivity index (χ4n) is 2.33. The van der Waals surface area contributed by atoms with E-state index in [1.807, 2.05) is 6.07 Å². The van der Waals surface area contributed by atoms with E-state index >= 15 is 0 Å². The number of ether oxygens (including phenoxy) is 2. The third-order valence-electron chi connectivity index (χ3n) is 3.82. The van der Waals surface area contributed by atoms with Gasteiger partial charge < -0.3 is 14.6 Å². The van der Waals surface area contributed by atoms with Crippen LogP contribution in [0.5, 0.6) is 11.5 Å². The van der Waals surface area contributed by atoms with Gasteiger partial charge in [0.15, 0.2) is 17.6 Å². The van der Waals surface area contributed by atoms with Crippen LogP contribution in [0.15, 0.2) is 42.5 Å². The Balaban J connectivity index is 2.49. The Morgan fingerprint density at radius 3 is 2.36 bits per heavy atom. The molecule has 146 valence electrons. The van der Waals surface area contributed by atoms with E-state index in [1.54, 1.807) is 18.2 Å². The van der Waals surface area contributed by atoms with Crippen LogP contribution in [0.2, 0.25) is 0 Å². The number of allylic oxidation sites excluding steroid dienone is 1. The molecule has 0 radical (unpaired) electrons. The summed E-state index contributed by atoms with van der Waals surface area (Å²) in [4.78, 5) is 11.1. The van der Waals surface area contributed by atoms with Crippen LogP contribution in [-0.2, 0) is 11.0 Å². The molecule has 28 heavy (non-hydrogen) atoms. The number of alkyl halides is 3. The van der Waals surface area contributed by atoms with Crippen LogP contribution < -0.4 is 9.47 Å². The van der Waals surface area contributed by atoms with E-state index in [0.29, 0.717) is 5.56 Å². The monoisotopic (exact) mass is 391 g/mol. The van der Waals surface area contributed by atoms with Crippen molar-refractivity contribution in [1.82, 2.24) is 0 Å². The lowest BCUT2D eigenvalue weighted by atomic mass is 10.0. The van der Waals surface area contributed by atoms with E-state index in [9.17, 15) is 23.2 Å². The van der Waals surface area contributed by atoms with Crippen LogP contribution in [-0.4, -0.2) is 24.3 Å². The molecular weight excluding hydrogens is 375 g/mol. The molecule has 0 aliphatic carbocycles. The van der Waals surface area contributed by atoms with Crippen molar-refractivity contribution in [2.75, 3.05) is 7.11 Å². The lowest BCUT2D eigenvalue weighted by Gasteiger charge is -2.16. The van der Waals surface area contributed by atoms with Gasteiger partial charge in [0.2, 0.25) is 0 Å². The molecule has 0 unspecified atom stereocenters. The summed E-state index contributed by atoms with van der Waals surface area (Å²) in [5, 5.41) is 18.5. The van der Waals surface area contributed by atoms with E-state index in [4.69, 9.17) is 14.6 Å². The normalized spacial score (nSPS) is 12.8. The fraction of sp³-hybridized carbons (Fsp3) is 0.200. The Morgan fingerprint density at radius 2 is 1.86 bits per heavy atom. The van der Waals surface area contributed by atoms with Crippen LogP contribution in [0.3, 0.4) is 0 Å². The molecule has 2 aromatic rings. The van der Waals surface area contributed by atoms with Gasteiger partial charge in [0, 0.05) is 5.56 Å². The van der Waals surface area contributed by atoms with E-state index in [2.05, 4.69) is 0 Å². The summed E-state index contributed by atoms with van der Waals surface area (Å²) in [6.07, 6.45) is -4.26. The van der Waals surface area contributed by atoms with Gasteiger partial charge in [0.1, 0.15) is 0 Å². The van der Waals surface area contributed by atoms with Crippen LogP contribution in [0.25, 0.3) is 11.6 Å². The Labute approximate surface area is 159 Å². The number of carbonyl (C=O) groups is 1. The molecule has 5 nitrogen and oxygen atoms in total. The quantitative estimate of drug-likeness (QED) is 0.574. The van der Waals surface area contributed by atoms with Gasteiger partial charge in [0.25, 0.3) is 0 Å². The number of para-hydroxylation sites is 1. The zero-order valence-corrected chi connectivity index (χ0v) is 14.9.